The number of rotatable bonds is 12. The molecular formula is C33H39FN4O5. The maximum Gasteiger partial charge on any atom is 0.412 e. The van der Waals surface area contributed by atoms with Crippen LogP contribution < -0.4 is 24.8 Å². The van der Waals surface area contributed by atoms with Gasteiger partial charge < -0.3 is 29.7 Å². The molecule has 2 N–H and O–H groups in total. The molecule has 1 heterocycles. The van der Waals surface area contributed by atoms with Crippen LogP contribution in [0.4, 0.5) is 9.18 Å². The van der Waals surface area contributed by atoms with E-state index in [-0.39, 0.29) is 23.9 Å². The van der Waals surface area contributed by atoms with Crippen LogP contribution in [-0.2, 0) is 23.2 Å². The summed E-state index contributed by atoms with van der Waals surface area (Å²) in [6, 6.07) is 12.1. The first-order valence-electron chi connectivity index (χ1n) is 14.1. The van der Waals surface area contributed by atoms with Gasteiger partial charge in [-0.05, 0) is 85.6 Å². The normalized spacial score (nSPS) is 15.7. The summed E-state index contributed by atoms with van der Waals surface area (Å²) in [5.41, 5.74) is 4.63. The van der Waals surface area contributed by atoms with Gasteiger partial charge in [0.25, 0.3) is 0 Å². The zero-order chi connectivity index (χ0) is 31.1. The Morgan fingerprint density at radius 2 is 1.74 bits per heavy atom. The number of pyridine rings is 1. The van der Waals surface area contributed by atoms with Crippen LogP contribution in [0.3, 0.4) is 0 Å². The van der Waals surface area contributed by atoms with E-state index < -0.39 is 11.5 Å². The number of amides is 2. The van der Waals surface area contributed by atoms with Crippen LogP contribution >= 0.6 is 0 Å². The number of likely N-dealkylation sites (N-methyl/N-ethyl adjacent to an activating group) is 1. The first kappa shape index (κ1) is 31.5. The Kier molecular flexibility index (Phi) is 10.0. The average Bonchev–Trinajstić information content (AvgIpc) is 3.17. The number of halogens is 1. The molecule has 0 aliphatic heterocycles. The van der Waals surface area contributed by atoms with E-state index in [9.17, 15) is 14.0 Å². The van der Waals surface area contributed by atoms with Crippen molar-refractivity contribution in [1.82, 2.24) is 20.5 Å². The van der Waals surface area contributed by atoms with Gasteiger partial charge in [0, 0.05) is 37.4 Å². The van der Waals surface area contributed by atoms with Gasteiger partial charge in [0.2, 0.25) is 11.7 Å². The molecule has 1 unspecified atom stereocenters. The molecule has 0 fully saturated rings. The molecule has 0 radical (unpaired) electrons. The highest BCUT2D eigenvalue weighted by atomic mass is 19.1. The minimum Gasteiger partial charge on any atom is -0.493 e. The molecule has 0 spiro atoms. The molecule has 0 bridgehead atoms. The zero-order valence-electron chi connectivity index (χ0n) is 25.5. The van der Waals surface area contributed by atoms with Crippen LogP contribution in [0.1, 0.15) is 42.5 Å². The Bertz CT molecular complexity index is 1480. The first-order chi connectivity index (χ1) is 20.5. The van der Waals surface area contributed by atoms with Crippen molar-refractivity contribution in [2.24, 2.45) is 0 Å². The molecule has 3 aromatic rings. The van der Waals surface area contributed by atoms with Gasteiger partial charge in [0.05, 0.1) is 20.6 Å². The van der Waals surface area contributed by atoms with E-state index in [1.54, 1.807) is 18.5 Å². The van der Waals surface area contributed by atoms with E-state index in [0.717, 1.165) is 33.4 Å². The van der Waals surface area contributed by atoms with Crippen LogP contribution in [0.15, 0.2) is 60.4 Å². The molecule has 0 saturated carbocycles. The molecule has 4 rings (SSSR count). The third-order valence-electron chi connectivity index (χ3n) is 7.83. The Labute approximate surface area is 252 Å². The van der Waals surface area contributed by atoms with E-state index in [1.807, 2.05) is 50.2 Å². The molecule has 1 atom stereocenters. The van der Waals surface area contributed by atoms with E-state index in [1.165, 1.54) is 26.4 Å². The second-order valence-electron chi connectivity index (χ2n) is 11.1. The van der Waals surface area contributed by atoms with Gasteiger partial charge >= 0.3 is 6.09 Å². The maximum atomic E-state index is 14.5. The fraction of sp³-hybridized carbons (Fsp3) is 0.364. The molecule has 0 saturated heterocycles. The lowest BCUT2D eigenvalue weighted by Crippen LogP contribution is -2.33. The van der Waals surface area contributed by atoms with Gasteiger partial charge in [0.1, 0.15) is 5.82 Å². The highest BCUT2D eigenvalue weighted by Crippen LogP contribution is 2.50. The smallest absolute Gasteiger partial charge is 0.412 e. The van der Waals surface area contributed by atoms with Gasteiger partial charge in [-0.25, -0.2) is 9.18 Å². The van der Waals surface area contributed by atoms with Crippen molar-refractivity contribution in [2.75, 3.05) is 41.4 Å². The van der Waals surface area contributed by atoms with E-state index in [0.29, 0.717) is 37.6 Å². The quantitative estimate of drug-likeness (QED) is 0.310. The van der Waals surface area contributed by atoms with Crippen molar-refractivity contribution in [1.29, 1.82) is 0 Å². The van der Waals surface area contributed by atoms with Gasteiger partial charge in [-0.2, -0.15) is 0 Å². The predicted octanol–water partition coefficient (Wildman–Crippen LogP) is 4.88. The number of aromatic nitrogens is 1. The molecule has 2 aromatic carbocycles. The Hall–Kier alpha value is -4.44. The lowest BCUT2D eigenvalue weighted by molar-refractivity contribution is -0.120. The number of benzene rings is 2. The van der Waals surface area contributed by atoms with Crippen molar-refractivity contribution in [3.8, 4) is 17.2 Å². The van der Waals surface area contributed by atoms with Crippen LogP contribution in [0.5, 0.6) is 17.2 Å². The fourth-order valence-electron chi connectivity index (χ4n) is 5.42. The first-order valence-corrected chi connectivity index (χ1v) is 14.1. The standard InChI is InChI=1S/C33H39FN4O5/c1-21-25(17-30(39)37-20-22-8-7-11-35-19-22)26-16-24(34)9-10-27(26)33(21,2)18-23-14-28(41-5)31(29(15-23)42-6)43-32(40)36-12-13-38(3)4/h7-11,14-16,19H,12-13,17-18,20H2,1-6H3,(H,36,40)(H,37,39). The van der Waals surface area contributed by atoms with Crippen molar-refractivity contribution in [3.05, 3.63) is 88.5 Å². The summed E-state index contributed by atoms with van der Waals surface area (Å²) in [7, 11) is 6.82. The minimum atomic E-state index is -0.616. The van der Waals surface area contributed by atoms with Crippen LogP contribution in [-0.4, -0.2) is 63.3 Å². The van der Waals surface area contributed by atoms with Crippen LogP contribution in [0, 0.1) is 5.82 Å². The summed E-state index contributed by atoms with van der Waals surface area (Å²) in [5, 5.41) is 5.67. The number of nitrogens with one attached hydrogen (secondary N) is 2. The fourth-order valence-corrected chi connectivity index (χ4v) is 5.42. The van der Waals surface area contributed by atoms with E-state index in [2.05, 4.69) is 22.5 Å². The number of hydrogen-bond acceptors (Lipinski definition) is 7. The Balaban J connectivity index is 1.61. The highest BCUT2D eigenvalue weighted by Gasteiger charge is 2.40. The molecule has 1 aliphatic rings. The molecular weight excluding hydrogens is 551 g/mol. The summed E-state index contributed by atoms with van der Waals surface area (Å²) in [6.07, 6.45) is 3.38. The lowest BCUT2D eigenvalue weighted by Gasteiger charge is -2.29. The van der Waals surface area contributed by atoms with Crippen molar-refractivity contribution >= 4 is 17.6 Å². The topological polar surface area (TPSA) is 102 Å². The van der Waals surface area contributed by atoms with Gasteiger partial charge in [-0.3, -0.25) is 9.78 Å². The molecule has 9 nitrogen and oxygen atoms in total. The number of carbonyl (C=O) groups excluding carboxylic acids is 2. The highest BCUT2D eigenvalue weighted by molar-refractivity contribution is 5.93. The summed E-state index contributed by atoms with van der Waals surface area (Å²) < 4.78 is 31.3. The third-order valence-corrected chi connectivity index (χ3v) is 7.83. The summed E-state index contributed by atoms with van der Waals surface area (Å²) in [4.78, 5) is 31.5. The number of fused-ring (bicyclic) bond motifs is 1. The van der Waals surface area contributed by atoms with Gasteiger partial charge in [-0.1, -0.05) is 24.6 Å². The molecule has 1 aliphatic carbocycles. The number of methoxy groups -OCH3 is 2. The number of ether oxygens (including phenoxy) is 3. The van der Waals surface area contributed by atoms with Crippen molar-refractivity contribution in [2.45, 2.75) is 38.6 Å². The lowest BCUT2D eigenvalue weighted by atomic mass is 9.75. The predicted molar refractivity (Wildman–Crippen MR) is 163 cm³/mol. The maximum absolute atomic E-state index is 14.5. The second kappa shape index (κ2) is 13.7. The number of allylic oxidation sites excluding steroid dienone is 1. The molecule has 43 heavy (non-hydrogen) atoms. The molecule has 228 valence electrons. The van der Waals surface area contributed by atoms with Gasteiger partial charge in [-0.15, -0.1) is 0 Å². The molecule has 2 amide bonds. The number of carbonyl (C=O) groups is 2. The zero-order valence-corrected chi connectivity index (χ0v) is 25.5. The van der Waals surface area contributed by atoms with Crippen molar-refractivity contribution in [3.63, 3.8) is 0 Å². The SMILES string of the molecule is COc1cc(CC2(C)C(C)=C(CC(=O)NCc3cccnc3)c3cc(F)ccc32)cc(OC)c1OC(=O)NCCN(C)C. The third kappa shape index (κ3) is 7.32. The second-order valence-corrected chi connectivity index (χ2v) is 11.1. The minimum absolute atomic E-state index is 0.112. The number of hydrogen-bond donors (Lipinski definition) is 2. The van der Waals surface area contributed by atoms with Crippen molar-refractivity contribution < 1.29 is 28.2 Å². The molecule has 1 aromatic heterocycles. The largest absolute Gasteiger partial charge is 0.493 e. The van der Waals surface area contributed by atoms with E-state index in [4.69, 9.17) is 14.2 Å². The molecule has 10 heteroatoms. The van der Waals surface area contributed by atoms with Crippen LogP contribution in [0.25, 0.3) is 5.57 Å². The Morgan fingerprint density at radius 3 is 2.37 bits per heavy atom. The Morgan fingerprint density at radius 1 is 1.02 bits per heavy atom. The average molecular weight is 591 g/mol. The summed E-state index contributed by atoms with van der Waals surface area (Å²) >= 11 is 0. The van der Waals surface area contributed by atoms with E-state index >= 15 is 0 Å². The van der Waals surface area contributed by atoms with Gasteiger partial charge in [0.15, 0.2) is 11.5 Å². The number of nitrogens with zero attached hydrogens (tertiary/aromatic N) is 2. The summed E-state index contributed by atoms with van der Waals surface area (Å²) in [6.45, 7) is 5.51. The summed E-state index contributed by atoms with van der Waals surface area (Å²) in [5.74, 6) is 0.335. The van der Waals surface area contributed by atoms with Crippen LogP contribution in [0.2, 0.25) is 0 Å². The monoisotopic (exact) mass is 590 g/mol.